The number of rotatable bonds is 5. The maximum atomic E-state index is 11.6. The van der Waals surface area contributed by atoms with E-state index in [1.165, 1.54) is 4.90 Å². The van der Waals surface area contributed by atoms with Gasteiger partial charge < -0.3 is 10.6 Å². The number of para-hydroxylation sites is 1. The lowest BCUT2D eigenvalue weighted by Gasteiger charge is -2.21. The monoisotopic (exact) mass is 240 g/mol. The largest absolute Gasteiger partial charge is 0.370 e. The maximum Gasteiger partial charge on any atom is 0.241 e. The molecule has 0 heterocycles. The van der Waals surface area contributed by atoms with Gasteiger partial charge in [0.05, 0.1) is 0 Å². The average Bonchev–Trinajstić information content (AvgIpc) is 2.30. The molecule has 2 N–H and O–H groups in total. The Morgan fingerprint density at radius 1 is 1.25 bits per heavy atom. The molecule has 0 aliphatic rings. The second-order valence-electron chi connectivity index (χ2n) is 3.23. The first-order valence-electron chi connectivity index (χ1n) is 4.85. The van der Waals surface area contributed by atoms with Gasteiger partial charge in [-0.1, -0.05) is 18.2 Å². The highest BCUT2D eigenvalue weighted by Crippen LogP contribution is 2.14. The maximum absolute atomic E-state index is 11.6. The Bertz CT molecular complexity index is 368. The van der Waals surface area contributed by atoms with E-state index in [-0.39, 0.29) is 24.8 Å². The Kier molecular flexibility index (Phi) is 4.79. The molecule has 1 aromatic carbocycles. The summed E-state index contributed by atoms with van der Waals surface area (Å²) in [6.45, 7) is 0.255. The van der Waals surface area contributed by atoms with Crippen molar-refractivity contribution in [1.29, 1.82) is 0 Å². The third-order valence-corrected chi connectivity index (χ3v) is 2.29. The summed E-state index contributed by atoms with van der Waals surface area (Å²) < 4.78 is 0. The van der Waals surface area contributed by atoms with Crippen molar-refractivity contribution in [2.45, 2.75) is 6.42 Å². The van der Waals surface area contributed by atoms with Crippen LogP contribution in [0.4, 0.5) is 5.69 Å². The SMILES string of the molecule is NC(=O)CCN(C(=O)CCl)c1ccccc1. The molecule has 16 heavy (non-hydrogen) atoms. The second-order valence-corrected chi connectivity index (χ2v) is 3.50. The fourth-order valence-corrected chi connectivity index (χ4v) is 1.44. The Labute approximate surface area is 99.0 Å². The Morgan fingerprint density at radius 2 is 1.88 bits per heavy atom. The molecule has 0 bridgehead atoms. The summed E-state index contributed by atoms with van der Waals surface area (Å²) >= 11 is 5.50. The minimum Gasteiger partial charge on any atom is -0.370 e. The molecule has 0 radical (unpaired) electrons. The number of halogens is 1. The molecule has 2 amide bonds. The first-order valence-corrected chi connectivity index (χ1v) is 5.38. The van der Waals surface area contributed by atoms with Gasteiger partial charge in [0.15, 0.2) is 0 Å². The Morgan fingerprint density at radius 3 is 2.38 bits per heavy atom. The van der Waals surface area contributed by atoms with Crippen LogP contribution in [-0.2, 0) is 9.59 Å². The summed E-state index contributed by atoms with van der Waals surface area (Å²) in [5.74, 6) is -0.800. The topological polar surface area (TPSA) is 63.4 Å². The number of nitrogens with two attached hydrogens (primary N) is 1. The third-order valence-electron chi connectivity index (χ3n) is 2.07. The fourth-order valence-electron chi connectivity index (χ4n) is 1.30. The van der Waals surface area contributed by atoms with E-state index in [0.717, 1.165) is 5.69 Å². The van der Waals surface area contributed by atoms with Crippen LogP contribution in [0.5, 0.6) is 0 Å². The van der Waals surface area contributed by atoms with Crippen LogP contribution in [0.15, 0.2) is 30.3 Å². The average molecular weight is 241 g/mol. The van der Waals surface area contributed by atoms with Crippen LogP contribution in [0.1, 0.15) is 6.42 Å². The van der Waals surface area contributed by atoms with E-state index in [2.05, 4.69) is 0 Å². The van der Waals surface area contributed by atoms with Crippen LogP contribution in [0.3, 0.4) is 0 Å². The summed E-state index contributed by atoms with van der Waals surface area (Å²) in [5.41, 5.74) is 5.77. The Hall–Kier alpha value is -1.55. The number of hydrogen-bond donors (Lipinski definition) is 1. The number of anilines is 1. The lowest BCUT2D eigenvalue weighted by molar-refractivity contribution is -0.118. The van der Waals surface area contributed by atoms with E-state index in [4.69, 9.17) is 17.3 Å². The second kappa shape index (κ2) is 6.12. The molecule has 0 saturated carbocycles. The van der Waals surface area contributed by atoms with Crippen LogP contribution in [0.25, 0.3) is 0 Å². The van der Waals surface area contributed by atoms with Gasteiger partial charge >= 0.3 is 0 Å². The van der Waals surface area contributed by atoms with Crippen LogP contribution in [0, 0.1) is 0 Å². The zero-order valence-electron chi connectivity index (χ0n) is 8.73. The number of carbonyl (C=O) groups is 2. The summed E-state index contributed by atoms with van der Waals surface area (Å²) in [4.78, 5) is 23.7. The van der Waals surface area contributed by atoms with Crippen molar-refractivity contribution in [3.8, 4) is 0 Å². The number of nitrogens with zero attached hydrogens (tertiary/aromatic N) is 1. The van der Waals surface area contributed by atoms with E-state index in [1.54, 1.807) is 12.1 Å². The number of benzene rings is 1. The van der Waals surface area contributed by atoms with Gasteiger partial charge in [0, 0.05) is 18.7 Å². The minimum absolute atomic E-state index is 0.117. The summed E-state index contributed by atoms with van der Waals surface area (Å²) in [6.07, 6.45) is 0.123. The molecular weight excluding hydrogens is 228 g/mol. The van der Waals surface area contributed by atoms with Crippen molar-refractivity contribution in [3.63, 3.8) is 0 Å². The highest BCUT2D eigenvalue weighted by atomic mass is 35.5. The molecule has 0 atom stereocenters. The molecule has 1 rings (SSSR count). The number of hydrogen-bond acceptors (Lipinski definition) is 2. The van der Waals surface area contributed by atoms with Gasteiger partial charge in [0.2, 0.25) is 11.8 Å². The number of primary amides is 1. The van der Waals surface area contributed by atoms with Crippen LogP contribution < -0.4 is 10.6 Å². The van der Waals surface area contributed by atoms with Crippen LogP contribution in [-0.4, -0.2) is 24.2 Å². The number of amides is 2. The van der Waals surface area contributed by atoms with Crippen molar-refractivity contribution in [2.75, 3.05) is 17.3 Å². The predicted molar refractivity (Wildman–Crippen MR) is 63.3 cm³/mol. The molecular formula is C11H13ClN2O2. The van der Waals surface area contributed by atoms with Gasteiger partial charge in [0.1, 0.15) is 5.88 Å². The molecule has 0 spiro atoms. The molecule has 0 fully saturated rings. The van der Waals surface area contributed by atoms with Crippen LogP contribution in [0.2, 0.25) is 0 Å². The van der Waals surface area contributed by atoms with E-state index >= 15 is 0 Å². The van der Waals surface area contributed by atoms with Gasteiger partial charge in [-0.3, -0.25) is 9.59 Å². The first-order chi connectivity index (χ1) is 7.65. The van der Waals surface area contributed by atoms with Crippen molar-refractivity contribution in [2.24, 2.45) is 5.73 Å². The van der Waals surface area contributed by atoms with E-state index < -0.39 is 5.91 Å². The third kappa shape index (κ3) is 3.55. The number of alkyl halides is 1. The standard InChI is InChI=1S/C11H13ClN2O2/c12-8-11(16)14(7-6-10(13)15)9-4-2-1-3-5-9/h1-5H,6-8H2,(H2,13,15). The van der Waals surface area contributed by atoms with Crippen LogP contribution >= 0.6 is 11.6 Å². The molecule has 0 unspecified atom stereocenters. The molecule has 5 heteroatoms. The quantitative estimate of drug-likeness (QED) is 0.785. The first kappa shape index (κ1) is 12.5. The fraction of sp³-hybridized carbons (Fsp3) is 0.273. The highest BCUT2D eigenvalue weighted by molar-refractivity contribution is 6.29. The molecule has 0 saturated heterocycles. The predicted octanol–water partition coefficient (Wildman–Crippen LogP) is 1.13. The molecule has 0 aromatic heterocycles. The minimum atomic E-state index is -0.441. The summed E-state index contributed by atoms with van der Waals surface area (Å²) in [6, 6.07) is 9.04. The summed E-state index contributed by atoms with van der Waals surface area (Å²) in [7, 11) is 0. The molecule has 0 aliphatic carbocycles. The van der Waals surface area contributed by atoms with E-state index in [1.807, 2.05) is 18.2 Å². The molecule has 0 aliphatic heterocycles. The summed E-state index contributed by atoms with van der Waals surface area (Å²) in [5, 5.41) is 0. The van der Waals surface area contributed by atoms with Crippen molar-refractivity contribution in [1.82, 2.24) is 0 Å². The lowest BCUT2D eigenvalue weighted by atomic mass is 10.2. The van der Waals surface area contributed by atoms with Crippen molar-refractivity contribution < 1.29 is 9.59 Å². The van der Waals surface area contributed by atoms with Gasteiger partial charge in [-0.2, -0.15) is 0 Å². The smallest absolute Gasteiger partial charge is 0.241 e. The van der Waals surface area contributed by atoms with Gasteiger partial charge in [-0.25, -0.2) is 0 Å². The van der Waals surface area contributed by atoms with Gasteiger partial charge in [-0.05, 0) is 12.1 Å². The lowest BCUT2D eigenvalue weighted by Crippen LogP contribution is -2.34. The zero-order chi connectivity index (χ0) is 12.0. The van der Waals surface area contributed by atoms with Gasteiger partial charge in [-0.15, -0.1) is 11.6 Å². The van der Waals surface area contributed by atoms with Crippen molar-refractivity contribution in [3.05, 3.63) is 30.3 Å². The molecule has 86 valence electrons. The normalized spacial score (nSPS) is 9.81. The van der Waals surface area contributed by atoms with E-state index in [0.29, 0.717) is 0 Å². The molecule has 4 nitrogen and oxygen atoms in total. The number of carbonyl (C=O) groups excluding carboxylic acids is 2. The zero-order valence-corrected chi connectivity index (χ0v) is 9.48. The van der Waals surface area contributed by atoms with Crippen molar-refractivity contribution >= 4 is 29.1 Å². The molecule has 1 aromatic rings. The van der Waals surface area contributed by atoms with E-state index in [9.17, 15) is 9.59 Å². The highest BCUT2D eigenvalue weighted by Gasteiger charge is 2.14. The Balaban J connectivity index is 2.79. The van der Waals surface area contributed by atoms with Gasteiger partial charge in [0.25, 0.3) is 0 Å².